The largest absolute Gasteiger partial charge is 0.389 e. The molecule has 1 heterocycles. The van der Waals surface area contributed by atoms with Gasteiger partial charge in [-0.1, -0.05) is 30.3 Å². The lowest BCUT2D eigenvalue weighted by Gasteiger charge is -2.18. The van der Waals surface area contributed by atoms with Crippen molar-refractivity contribution in [1.82, 2.24) is 9.88 Å². The van der Waals surface area contributed by atoms with Crippen molar-refractivity contribution in [3.8, 4) is 0 Å². The molecule has 0 radical (unpaired) electrons. The number of methoxy groups -OCH3 is 1. The minimum atomic E-state index is -0.456. The number of ether oxygens (including phenoxy) is 1. The molecule has 1 aromatic carbocycles. The summed E-state index contributed by atoms with van der Waals surface area (Å²) in [5.41, 5.74) is 2.33. The SMILES string of the molecule is COC[C@@H](O)CN(C)Cc1csc(Cc2ccccc2)n1. The van der Waals surface area contributed by atoms with Gasteiger partial charge >= 0.3 is 0 Å². The Hall–Kier alpha value is -1.27. The van der Waals surface area contributed by atoms with Crippen molar-refractivity contribution in [2.45, 2.75) is 19.1 Å². The second-order valence-electron chi connectivity index (χ2n) is 5.20. The predicted molar refractivity (Wildman–Crippen MR) is 85.6 cm³/mol. The average Bonchev–Trinajstić information content (AvgIpc) is 2.87. The molecule has 0 fully saturated rings. The molecule has 2 rings (SSSR count). The van der Waals surface area contributed by atoms with E-state index in [1.54, 1.807) is 18.4 Å². The van der Waals surface area contributed by atoms with Crippen LogP contribution in [0, 0.1) is 0 Å². The summed E-state index contributed by atoms with van der Waals surface area (Å²) in [6.07, 6.45) is 0.420. The zero-order valence-corrected chi connectivity index (χ0v) is 13.3. The van der Waals surface area contributed by atoms with Crippen LogP contribution in [0.25, 0.3) is 0 Å². The number of rotatable bonds is 8. The highest BCUT2D eigenvalue weighted by atomic mass is 32.1. The summed E-state index contributed by atoms with van der Waals surface area (Å²) in [4.78, 5) is 6.72. The quantitative estimate of drug-likeness (QED) is 0.812. The monoisotopic (exact) mass is 306 g/mol. The lowest BCUT2D eigenvalue weighted by Crippen LogP contribution is -2.31. The van der Waals surface area contributed by atoms with Crippen molar-refractivity contribution in [2.24, 2.45) is 0 Å². The van der Waals surface area contributed by atoms with Gasteiger partial charge < -0.3 is 9.84 Å². The highest BCUT2D eigenvalue weighted by Crippen LogP contribution is 2.15. The van der Waals surface area contributed by atoms with Crippen LogP contribution in [0.3, 0.4) is 0 Å². The first kappa shape index (κ1) is 16.1. The third-order valence-electron chi connectivity index (χ3n) is 3.11. The average molecular weight is 306 g/mol. The van der Waals surface area contributed by atoms with Crippen LogP contribution in [-0.2, 0) is 17.7 Å². The molecular weight excluding hydrogens is 284 g/mol. The van der Waals surface area contributed by atoms with Crippen LogP contribution in [0.5, 0.6) is 0 Å². The summed E-state index contributed by atoms with van der Waals surface area (Å²) in [5.74, 6) is 0. The van der Waals surface area contributed by atoms with Crippen molar-refractivity contribution >= 4 is 11.3 Å². The topological polar surface area (TPSA) is 45.6 Å². The van der Waals surface area contributed by atoms with Gasteiger partial charge in [-0.3, -0.25) is 4.90 Å². The fraction of sp³-hybridized carbons (Fsp3) is 0.438. The van der Waals surface area contributed by atoms with Crippen molar-refractivity contribution < 1.29 is 9.84 Å². The summed E-state index contributed by atoms with van der Waals surface area (Å²) >= 11 is 1.69. The Labute approximate surface area is 130 Å². The van der Waals surface area contributed by atoms with Crippen LogP contribution in [0.2, 0.25) is 0 Å². The van der Waals surface area contributed by atoms with Gasteiger partial charge in [-0.2, -0.15) is 0 Å². The lowest BCUT2D eigenvalue weighted by molar-refractivity contribution is 0.0417. The number of aliphatic hydroxyl groups is 1. The smallest absolute Gasteiger partial charge is 0.0972 e. The summed E-state index contributed by atoms with van der Waals surface area (Å²) < 4.78 is 4.93. The Bertz CT molecular complexity index is 530. The van der Waals surface area contributed by atoms with Crippen molar-refractivity contribution in [2.75, 3.05) is 27.3 Å². The van der Waals surface area contributed by atoms with Crippen molar-refractivity contribution in [3.05, 3.63) is 52.0 Å². The molecule has 0 bridgehead atoms. The van der Waals surface area contributed by atoms with Gasteiger partial charge in [0.15, 0.2) is 0 Å². The van der Waals surface area contributed by atoms with Gasteiger partial charge in [-0.25, -0.2) is 4.98 Å². The molecule has 4 nitrogen and oxygen atoms in total. The molecule has 0 aliphatic carbocycles. The fourth-order valence-corrected chi connectivity index (χ4v) is 3.04. The maximum atomic E-state index is 9.71. The second-order valence-corrected chi connectivity index (χ2v) is 6.14. The number of hydrogen-bond acceptors (Lipinski definition) is 5. The molecule has 0 spiro atoms. The standard InChI is InChI=1S/C16H22N2O2S/c1-18(10-15(19)11-20-2)9-14-12-21-16(17-14)8-13-6-4-3-5-7-13/h3-7,12,15,19H,8-11H2,1-2H3/t15-/m0/s1. The summed E-state index contributed by atoms with van der Waals surface area (Å²) in [6.45, 7) is 1.69. The van der Waals surface area contributed by atoms with Gasteiger partial charge in [0.1, 0.15) is 0 Å². The predicted octanol–water partition coefficient (Wildman–Crippen LogP) is 2.17. The van der Waals surface area contributed by atoms with Crippen LogP contribution >= 0.6 is 11.3 Å². The maximum absolute atomic E-state index is 9.71. The van der Waals surface area contributed by atoms with Crippen LogP contribution < -0.4 is 0 Å². The molecule has 1 N–H and O–H groups in total. The van der Waals surface area contributed by atoms with E-state index >= 15 is 0 Å². The Kier molecular flexibility index (Phi) is 6.32. The number of hydrogen-bond donors (Lipinski definition) is 1. The number of aromatic nitrogens is 1. The lowest BCUT2D eigenvalue weighted by atomic mass is 10.2. The van der Waals surface area contributed by atoms with Crippen LogP contribution in [0.4, 0.5) is 0 Å². The molecule has 0 unspecified atom stereocenters. The van der Waals surface area contributed by atoms with Gasteiger partial charge in [-0.15, -0.1) is 11.3 Å². The minimum Gasteiger partial charge on any atom is -0.389 e. The highest BCUT2D eigenvalue weighted by Gasteiger charge is 2.10. The summed E-state index contributed by atoms with van der Waals surface area (Å²) in [7, 11) is 3.58. The molecule has 21 heavy (non-hydrogen) atoms. The van der Waals surface area contributed by atoms with Gasteiger partial charge in [0.2, 0.25) is 0 Å². The number of aliphatic hydroxyl groups excluding tert-OH is 1. The third kappa shape index (κ3) is 5.55. The first-order valence-electron chi connectivity index (χ1n) is 7.00. The van der Waals surface area contributed by atoms with Crippen LogP contribution in [-0.4, -0.2) is 48.4 Å². The zero-order valence-electron chi connectivity index (χ0n) is 12.5. The van der Waals surface area contributed by atoms with E-state index in [1.165, 1.54) is 5.56 Å². The highest BCUT2D eigenvalue weighted by molar-refractivity contribution is 7.09. The van der Waals surface area contributed by atoms with E-state index in [-0.39, 0.29) is 0 Å². The molecule has 114 valence electrons. The molecular formula is C16H22N2O2S. The van der Waals surface area contributed by atoms with Gasteiger partial charge in [0, 0.05) is 32.0 Å². The molecule has 1 atom stereocenters. The first-order chi connectivity index (χ1) is 10.2. The number of likely N-dealkylation sites (N-methyl/N-ethyl adjacent to an activating group) is 1. The number of thiazole rings is 1. The molecule has 2 aromatic rings. The Morgan fingerprint density at radius 3 is 2.81 bits per heavy atom. The molecule has 0 amide bonds. The normalized spacial score (nSPS) is 12.8. The van der Waals surface area contributed by atoms with E-state index in [0.717, 1.165) is 23.7 Å². The van der Waals surface area contributed by atoms with Crippen molar-refractivity contribution in [3.63, 3.8) is 0 Å². The van der Waals surface area contributed by atoms with Gasteiger partial charge in [0.25, 0.3) is 0 Å². The zero-order chi connectivity index (χ0) is 15.1. The Morgan fingerprint density at radius 1 is 1.33 bits per heavy atom. The molecule has 0 saturated heterocycles. The third-order valence-corrected chi connectivity index (χ3v) is 4.01. The maximum Gasteiger partial charge on any atom is 0.0972 e. The van der Waals surface area contributed by atoms with Gasteiger partial charge in [0.05, 0.1) is 23.4 Å². The molecule has 0 saturated carbocycles. The Balaban J connectivity index is 1.85. The van der Waals surface area contributed by atoms with E-state index in [4.69, 9.17) is 4.74 Å². The minimum absolute atomic E-state index is 0.362. The Morgan fingerprint density at radius 2 is 2.10 bits per heavy atom. The molecule has 5 heteroatoms. The molecule has 0 aliphatic heterocycles. The van der Waals surface area contributed by atoms with E-state index in [1.807, 2.05) is 13.1 Å². The first-order valence-corrected chi connectivity index (χ1v) is 7.88. The van der Waals surface area contributed by atoms with Crippen LogP contribution in [0.1, 0.15) is 16.3 Å². The molecule has 0 aliphatic rings. The molecule has 1 aromatic heterocycles. The van der Waals surface area contributed by atoms with Gasteiger partial charge in [-0.05, 0) is 12.6 Å². The summed E-state index contributed by atoms with van der Waals surface area (Å²) in [6, 6.07) is 10.4. The van der Waals surface area contributed by atoms with E-state index in [2.05, 4.69) is 39.5 Å². The van der Waals surface area contributed by atoms with E-state index in [9.17, 15) is 5.11 Å². The number of benzene rings is 1. The number of nitrogens with zero attached hydrogens (tertiary/aromatic N) is 2. The van der Waals surface area contributed by atoms with E-state index < -0.39 is 6.10 Å². The second kappa shape index (κ2) is 8.24. The van der Waals surface area contributed by atoms with Crippen LogP contribution in [0.15, 0.2) is 35.7 Å². The fourth-order valence-electron chi connectivity index (χ4n) is 2.22. The van der Waals surface area contributed by atoms with Crippen molar-refractivity contribution in [1.29, 1.82) is 0 Å². The van der Waals surface area contributed by atoms with E-state index in [0.29, 0.717) is 13.2 Å². The summed E-state index contributed by atoms with van der Waals surface area (Å²) in [5, 5.41) is 12.9.